The molecule has 0 spiro atoms. The number of alkyl halides is 1. The normalized spacial score (nSPS) is 19.7. The number of ether oxygens (including phenoxy) is 1. The smallest absolute Gasteiger partial charge is 0.410 e. The Hall–Kier alpha value is -1.55. The quantitative estimate of drug-likeness (QED) is 0.772. The fraction of sp³-hybridized carbons (Fsp3) is 0.385. The second kappa shape index (κ2) is 5.87. The van der Waals surface area contributed by atoms with Gasteiger partial charge in [0.05, 0.1) is 11.9 Å². The lowest BCUT2D eigenvalue weighted by Crippen LogP contribution is -2.44. The molecule has 0 saturated carbocycles. The van der Waals surface area contributed by atoms with Gasteiger partial charge in [-0.25, -0.2) is 4.79 Å². The first kappa shape index (κ1) is 12.9. The number of hydrogen-bond acceptors (Lipinski definition) is 3. The molecule has 1 unspecified atom stereocenters. The third kappa shape index (κ3) is 3.23. The van der Waals surface area contributed by atoms with E-state index in [-0.39, 0.29) is 18.9 Å². The lowest BCUT2D eigenvalue weighted by atomic mass is 10.1. The third-order valence-electron chi connectivity index (χ3n) is 2.81. The molecule has 5 heteroatoms. The number of halogens is 1. The van der Waals surface area contributed by atoms with E-state index in [1.54, 1.807) is 0 Å². The first-order valence-corrected chi connectivity index (χ1v) is 6.23. The molecule has 96 valence electrons. The van der Waals surface area contributed by atoms with Gasteiger partial charge < -0.3 is 9.64 Å². The molecule has 1 aromatic rings. The van der Waals surface area contributed by atoms with E-state index in [9.17, 15) is 9.59 Å². The third-order valence-corrected chi connectivity index (χ3v) is 3.27. The summed E-state index contributed by atoms with van der Waals surface area (Å²) in [5, 5.41) is -0.469. The Morgan fingerprint density at radius 1 is 1.39 bits per heavy atom. The van der Waals surface area contributed by atoms with E-state index in [0.717, 1.165) is 5.56 Å². The maximum Gasteiger partial charge on any atom is 0.410 e. The summed E-state index contributed by atoms with van der Waals surface area (Å²) in [6.45, 7) is 0.726. The van der Waals surface area contributed by atoms with Crippen LogP contribution in [0.1, 0.15) is 12.0 Å². The van der Waals surface area contributed by atoms with Crippen LogP contribution in [0, 0.1) is 0 Å². The monoisotopic (exact) mass is 267 g/mol. The molecule has 1 atom stereocenters. The lowest BCUT2D eigenvalue weighted by molar-refractivity contribution is -0.121. The van der Waals surface area contributed by atoms with E-state index >= 15 is 0 Å². The second-order valence-corrected chi connectivity index (χ2v) is 4.71. The number of benzene rings is 1. The van der Waals surface area contributed by atoms with E-state index in [0.29, 0.717) is 13.0 Å². The predicted molar refractivity (Wildman–Crippen MR) is 67.5 cm³/mol. The summed E-state index contributed by atoms with van der Waals surface area (Å²) in [6, 6.07) is 9.42. The minimum absolute atomic E-state index is 0.0434. The van der Waals surface area contributed by atoms with Gasteiger partial charge in [0, 0.05) is 6.54 Å². The number of amides is 1. The highest BCUT2D eigenvalue weighted by molar-refractivity contribution is 6.31. The van der Waals surface area contributed by atoms with Crippen LogP contribution in [0.4, 0.5) is 4.79 Å². The molecule has 1 saturated heterocycles. The number of hydrogen-bond donors (Lipinski definition) is 0. The van der Waals surface area contributed by atoms with Crippen molar-refractivity contribution in [1.82, 2.24) is 4.90 Å². The average Bonchev–Trinajstić information content (AvgIpc) is 2.40. The maximum absolute atomic E-state index is 11.7. The molecular formula is C13H14ClNO3. The molecule has 1 fully saturated rings. The Morgan fingerprint density at radius 2 is 2.11 bits per heavy atom. The Bertz CT molecular complexity index is 435. The number of Topliss-reactive ketones (excluding diaryl/α,β-unsaturated/α-hetero) is 1. The van der Waals surface area contributed by atoms with Crippen molar-refractivity contribution in [3.8, 4) is 0 Å². The van der Waals surface area contributed by atoms with Crippen molar-refractivity contribution in [2.24, 2.45) is 0 Å². The Morgan fingerprint density at radius 3 is 2.78 bits per heavy atom. The van der Waals surface area contributed by atoms with Gasteiger partial charge >= 0.3 is 6.09 Å². The molecule has 4 nitrogen and oxygen atoms in total. The number of nitrogens with zero attached hydrogens (tertiary/aromatic N) is 1. The van der Waals surface area contributed by atoms with E-state index < -0.39 is 11.5 Å². The minimum Gasteiger partial charge on any atom is -0.445 e. The van der Waals surface area contributed by atoms with Crippen LogP contribution >= 0.6 is 11.6 Å². The van der Waals surface area contributed by atoms with Gasteiger partial charge in [0.2, 0.25) is 0 Å². The number of piperidine rings is 1. The molecular weight excluding hydrogens is 254 g/mol. The van der Waals surface area contributed by atoms with Gasteiger partial charge in [-0.15, -0.1) is 11.6 Å². The zero-order chi connectivity index (χ0) is 13.0. The fourth-order valence-electron chi connectivity index (χ4n) is 1.76. The van der Waals surface area contributed by atoms with Gasteiger partial charge in [-0.1, -0.05) is 30.3 Å². The first-order chi connectivity index (χ1) is 8.66. The fourth-order valence-corrected chi connectivity index (χ4v) is 1.93. The van der Waals surface area contributed by atoms with Crippen LogP contribution in [-0.4, -0.2) is 35.2 Å². The van der Waals surface area contributed by atoms with Crippen LogP contribution in [0.25, 0.3) is 0 Å². The summed E-state index contributed by atoms with van der Waals surface area (Å²) in [7, 11) is 0. The van der Waals surface area contributed by atoms with Crippen molar-refractivity contribution in [2.45, 2.75) is 18.4 Å². The standard InChI is InChI=1S/C13H14ClNO3/c14-11-6-7-15(8-12(11)16)13(17)18-9-10-4-2-1-3-5-10/h1-5,11H,6-9H2. The van der Waals surface area contributed by atoms with Crippen molar-refractivity contribution < 1.29 is 14.3 Å². The highest BCUT2D eigenvalue weighted by Gasteiger charge is 2.28. The molecule has 0 aromatic heterocycles. The van der Waals surface area contributed by atoms with Crippen LogP contribution < -0.4 is 0 Å². The Kier molecular flexibility index (Phi) is 4.20. The van der Waals surface area contributed by atoms with Crippen LogP contribution in [0.2, 0.25) is 0 Å². The van der Waals surface area contributed by atoms with Gasteiger partial charge in [0.25, 0.3) is 0 Å². The molecule has 0 bridgehead atoms. The van der Waals surface area contributed by atoms with Crippen molar-refractivity contribution in [3.63, 3.8) is 0 Å². The molecule has 0 N–H and O–H groups in total. The van der Waals surface area contributed by atoms with Gasteiger partial charge in [0.1, 0.15) is 6.61 Å². The number of likely N-dealkylation sites (tertiary alicyclic amines) is 1. The highest BCUT2D eigenvalue weighted by Crippen LogP contribution is 2.14. The largest absolute Gasteiger partial charge is 0.445 e. The number of carbonyl (C=O) groups is 2. The van der Waals surface area contributed by atoms with Crippen LogP contribution in [0.5, 0.6) is 0 Å². The molecule has 2 rings (SSSR count). The van der Waals surface area contributed by atoms with Crippen molar-refractivity contribution in [1.29, 1.82) is 0 Å². The van der Waals surface area contributed by atoms with Gasteiger partial charge in [0.15, 0.2) is 5.78 Å². The SMILES string of the molecule is O=C1CN(C(=O)OCc2ccccc2)CCC1Cl. The number of ketones is 1. The average molecular weight is 268 g/mol. The van der Waals surface area contributed by atoms with Crippen LogP contribution in [0.3, 0.4) is 0 Å². The Labute approximate surface area is 110 Å². The molecule has 1 aromatic carbocycles. The molecule has 0 radical (unpaired) electrons. The van der Waals surface area contributed by atoms with Crippen LogP contribution in [0.15, 0.2) is 30.3 Å². The number of rotatable bonds is 2. The molecule has 18 heavy (non-hydrogen) atoms. The highest BCUT2D eigenvalue weighted by atomic mass is 35.5. The van der Waals surface area contributed by atoms with E-state index in [2.05, 4.69) is 0 Å². The molecule has 1 aliphatic rings. The summed E-state index contributed by atoms with van der Waals surface area (Å²) >= 11 is 5.78. The second-order valence-electron chi connectivity index (χ2n) is 4.18. The predicted octanol–water partition coefficient (Wildman–Crippen LogP) is 2.21. The van der Waals surface area contributed by atoms with Gasteiger partial charge in [-0.05, 0) is 12.0 Å². The topological polar surface area (TPSA) is 46.6 Å². The summed E-state index contributed by atoms with van der Waals surface area (Å²) < 4.78 is 5.14. The molecule has 0 aliphatic carbocycles. The summed E-state index contributed by atoms with van der Waals surface area (Å²) in [5.74, 6) is -0.125. The van der Waals surface area contributed by atoms with Crippen molar-refractivity contribution in [2.75, 3.05) is 13.1 Å². The van der Waals surface area contributed by atoms with Crippen LogP contribution in [-0.2, 0) is 16.1 Å². The molecule has 1 aliphatic heterocycles. The van der Waals surface area contributed by atoms with E-state index in [1.165, 1.54) is 4.90 Å². The maximum atomic E-state index is 11.7. The van der Waals surface area contributed by atoms with Gasteiger partial charge in [-0.3, -0.25) is 4.79 Å². The zero-order valence-electron chi connectivity index (χ0n) is 9.84. The van der Waals surface area contributed by atoms with Crippen molar-refractivity contribution in [3.05, 3.63) is 35.9 Å². The van der Waals surface area contributed by atoms with E-state index in [1.807, 2.05) is 30.3 Å². The van der Waals surface area contributed by atoms with E-state index in [4.69, 9.17) is 16.3 Å². The summed E-state index contributed by atoms with van der Waals surface area (Å²) in [5.41, 5.74) is 0.921. The Balaban J connectivity index is 1.83. The zero-order valence-corrected chi connectivity index (χ0v) is 10.6. The molecule has 1 amide bonds. The van der Waals surface area contributed by atoms with Crippen molar-refractivity contribution >= 4 is 23.5 Å². The first-order valence-electron chi connectivity index (χ1n) is 5.79. The number of carbonyl (C=O) groups excluding carboxylic acids is 2. The summed E-state index contributed by atoms with van der Waals surface area (Å²) in [4.78, 5) is 24.5. The minimum atomic E-state index is -0.469. The lowest BCUT2D eigenvalue weighted by Gasteiger charge is -2.27. The summed E-state index contributed by atoms with van der Waals surface area (Å²) in [6.07, 6.45) is 0.0247. The van der Waals surface area contributed by atoms with Gasteiger partial charge in [-0.2, -0.15) is 0 Å². The molecule has 1 heterocycles.